The van der Waals surface area contributed by atoms with Gasteiger partial charge in [-0.1, -0.05) is 60.7 Å². The van der Waals surface area contributed by atoms with E-state index in [1.54, 1.807) is 48.5 Å². The van der Waals surface area contributed by atoms with Crippen molar-refractivity contribution in [2.45, 2.75) is 0 Å². The molecule has 0 N–H and O–H groups in total. The SMILES string of the molecule is O=C(PC(=O)c1ccccc1)c1ccccc1. The molecule has 0 saturated heterocycles. The van der Waals surface area contributed by atoms with Crippen LogP contribution >= 0.6 is 8.58 Å². The molecule has 0 heterocycles. The molecule has 3 heteroatoms. The zero-order chi connectivity index (χ0) is 12.1. The number of hydrogen-bond donors (Lipinski definition) is 0. The van der Waals surface area contributed by atoms with Crippen LogP contribution in [-0.4, -0.2) is 11.0 Å². The van der Waals surface area contributed by atoms with Gasteiger partial charge in [0.05, 0.1) is 0 Å². The predicted octanol–water partition coefficient (Wildman–Crippen LogP) is 3.35. The summed E-state index contributed by atoms with van der Waals surface area (Å²) in [5.74, 6) is 0. The molecule has 2 aromatic rings. The highest BCUT2D eigenvalue weighted by molar-refractivity contribution is 7.75. The fourth-order valence-corrected chi connectivity index (χ4v) is 2.25. The van der Waals surface area contributed by atoms with E-state index in [4.69, 9.17) is 0 Å². The van der Waals surface area contributed by atoms with Crippen LogP contribution in [0.3, 0.4) is 0 Å². The quantitative estimate of drug-likeness (QED) is 0.770. The van der Waals surface area contributed by atoms with Gasteiger partial charge in [0.1, 0.15) is 0 Å². The Morgan fingerprint density at radius 1 is 0.647 bits per heavy atom. The summed E-state index contributed by atoms with van der Waals surface area (Å²) in [4.78, 5) is 23.6. The molecular weight excluding hydrogens is 231 g/mol. The average Bonchev–Trinajstić information content (AvgIpc) is 2.40. The molecule has 2 rings (SSSR count). The Bertz CT molecular complexity index is 471. The van der Waals surface area contributed by atoms with Crippen molar-refractivity contribution in [3.05, 3.63) is 71.8 Å². The smallest absolute Gasteiger partial charge is 0.189 e. The van der Waals surface area contributed by atoms with Crippen LogP contribution in [0.15, 0.2) is 60.7 Å². The van der Waals surface area contributed by atoms with E-state index in [1.165, 1.54) is 0 Å². The van der Waals surface area contributed by atoms with Gasteiger partial charge in [0, 0.05) is 19.7 Å². The highest BCUT2D eigenvalue weighted by atomic mass is 31.1. The Morgan fingerprint density at radius 3 is 1.35 bits per heavy atom. The first-order valence-electron chi connectivity index (χ1n) is 5.23. The van der Waals surface area contributed by atoms with Gasteiger partial charge >= 0.3 is 0 Å². The maximum Gasteiger partial charge on any atom is 0.189 e. The van der Waals surface area contributed by atoms with Gasteiger partial charge in [0.25, 0.3) is 0 Å². The predicted molar refractivity (Wildman–Crippen MR) is 69.9 cm³/mol. The molecule has 17 heavy (non-hydrogen) atoms. The number of rotatable bonds is 4. The van der Waals surface area contributed by atoms with Gasteiger partial charge in [-0.3, -0.25) is 9.59 Å². The summed E-state index contributed by atoms with van der Waals surface area (Å²) < 4.78 is 0. The lowest BCUT2D eigenvalue weighted by atomic mass is 10.2. The zero-order valence-electron chi connectivity index (χ0n) is 9.09. The molecule has 0 aliphatic carbocycles. The third kappa shape index (κ3) is 3.08. The third-order valence-electron chi connectivity index (χ3n) is 2.30. The minimum atomic E-state index is -0.343. The Kier molecular flexibility index (Phi) is 3.79. The summed E-state index contributed by atoms with van der Waals surface area (Å²) >= 11 is 0. The maximum atomic E-state index is 11.8. The molecule has 0 atom stereocenters. The largest absolute Gasteiger partial charge is 0.289 e. The fourth-order valence-electron chi connectivity index (χ4n) is 1.43. The minimum absolute atomic E-state index is 0.112. The van der Waals surface area contributed by atoms with Crippen LogP contribution in [0, 0.1) is 0 Å². The zero-order valence-corrected chi connectivity index (χ0v) is 10.1. The summed E-state index contributed by atoms with van der Waals surface area (Å²) in [5.41, 5.74) is 0.962. The summed E-state index contributed by atoms with van der Waals surface area (Å²) in [6.45, 7) is 0. The first-order valence-corrected chi connectivity index (χ1v) is 6.23. The van der Waals surface area contributed by atoms with Crippen LogP contribution in [0.4, 0.5) is 0 Å². The molecule has 0 bridgehead atoms. The molecule has 0 radical (unpaired) electrons. The lowest BCUT2D eigenvalue weighted by Gasteiger charge is -2.00. The van der Waals surface area contributed by atoms with Gasteiger partial charge in [-0.25, -0.2) is 0 Å². The summed E-state index contributed by atoms with van der Waals surface area (Å²) in [5, 5.41) is 0. The molecule has 0 unspecified atom stereocenters. The van der Waals surface area contributed by atoms with E-state index in [0.717, 1.165) is 0 Å². The van der Waals surface area contributed by atoms with E-state index in [-0.39, 0.29) is 19.6 Å². The van der Waals surface area contributed by atoms with Crippen molar-refractivity contribution in [2.75, 3.05) is 0 Å². The lowest BCUT2D eigenvalue weighted by Crippen LogP contribution is -1.98. The molecule has 84 valence electrons. The number of hydrogen-bond acceptors (Lipinski definition) is 2. The first-order chi connectivity index (χ1) is 8.27. The van der Waals surface area contributed by atoms with Crippen LogP contribution in [0.2, 0.25) is 0 Å². The molecule has 2 nitrogen and oxygen atoms in total. The van der Waals surface area contributed by atoms with E-state index < -0.39 is 0 Å². The number of carbonyl (C=O) groups is 2. The fraction of sp³-hybridized carbons (Fsp3) is 0. The normalized spacial score (nSPS) is 9.88. The third-order valence-corrected chi connectivity index (χ3v) is 3.33. The molecular formula is C14H11O2P. The molecule has 0 fully saturated rings. The molecule has 0 aliphatic rings. The molecule has 0 amide bonds. The second kappa shape index (κ2) is 5.51. The second-order valence-electron chi connectivity index (χ2n) is 3.52. The van der Waals surface area contributed by atoms with Gasteiger partial charge in [-0.15, -0.1) is 0 Å². The molecule has 0 spiro atoms. The van der Waals surface area contributed by atoms with Crippen molar-refractivity contribution in [3.8, 4) is 0 Å². The van der Waals surface area contributed by atoms with Gasteiger partial charge < -0.3 is 0 Å². The van der Waals surface area contributed by atoms with E-state index in [9.17, 15) is 9.59 Å². The van der Waals surface area contributed by atoms with E-state index in [1.807, 2.05) is 12.1 Å². The number of benzene rings is 2. The molecule has 0 saturated carbocycles. The van der Waals surface area contributed by atoms with Crippen molar-refractivity contribution < 1.29 is 9.59 Å². The number of carbonyl (C=O) groups excluding carboxylic acids is 2. The van der Waals surface area contributed by atoms with Crippen LogP contribution in [0.25, 0.3) is 0 Å². The van der Waals surface area contributed by atoms with Crippen LogP contribution < -0.4 is 0 Å². The molecule has 2 aromatic carbocycles. The Balaban J connectivity index is 2.08. The van der Waals surface area contributed by atoms with Crippen molar-refractivity contribution in [1.82, 2.24) is 0 Å². The van der Waals surface area contributed by atoms with Crippen LogP contribution in [0.1, 0.15) is 20.7 Å². The highest BCUT2D eigenvalue weighted by Gasteiger charge is 2.12. The molecule has 0 aliphatic heterocycles. The Hall–Kier alpha value is -1.79. The topological polar surface area (TPSA) is 34.1 Å². The monoisotopic (exact) mass is 242 g/mol. The minimum Gasteiger partial charge on any atom is -0.289 e. The highest BCUT2D eigenvalue weighted by Crippen LogP contribution is 2.23. The summed E-state index contributed by atoms with van der Waals surface area (Å²) in [6.07, 6.45) is 0. The van der Waals surface area contributed by atoms with Crippen molar-refractivity contribution >= 4 is 19.6 Å². The Morgan fingerprint density at radius 2 is 1.00 bits per heavy atom. The van der Waals surface area contributed by atoms with Crippen molar-refractivity contribution in [3.63, 3.8) is 0 Å². The van der Waals surface area contributed by atoms with Gasteiger partial charge in [0.2, 0.25) is 0 Å². The average molecular weight is 242 g/mol. The van der Waals surface area contributed by atoms with E-state index in [2.05, 4.69) is 0 Å². The van der Waals surface area contributed by atoms with Gasteiger partial charge in [0.15, 0.2) is 11.0 Å². The van der Waals surface area contributed by atoms with Crippen LogP contribution in [-0.2, 0) is 0 Å². The standard InChI is InChI=1S/C14H11O2P/c15-13(11-7-3-1-4-8-11)17-14(16)12-9-5-2-6-10-12/h1-10,17H. The van der Waals surface area contributed by atoms with Crippen molar-refractivity contribution in [1.29, 1.82) is 0 Å². The van der Waals surface area contributed by atoms with E-state index >= 15 is 0 Å². The van der Waals surface area contributed by atoms with E-state index in [0.29, 0.717) is 11.1 Å². The maximum absolute atomic E-state index is 11.8. The van der Waals surface area contributed by atoms with Crippen LogP contribution in [0.5, 0.6) is 0 Å². The lowest BCUT2D eigenvalue weighted by molar-refractivity contribution is 0.105. The first kappa shape index (κ1) is 11.7. The second-order valence-corrected chi connectivity index (χ2v) is 4.67. The van der Waals surface area contributed by atoms with Gasteiger partial charge in [-0.05, 0) is 0 Å². The summed E-state index contributed by atoms with van der Waals surface area (Å²) in [6, 6.07) is 17.8. The summed E-state index contributed by atoms with van der Waals surface area (Å²) in [7, 11) is -0.343. The molecule has 0 aromatic heterocycles. The Labute approximate surface area is 101 Å². The van der Waals surface area contributed by atoms with Crippen molar-refractivity contribution in [2.24, 2.45) is 0 Å². The van der Waals surface area contributed by atoms with Gasteiger partial charge in [-0.2, -0.15) is 0 Å².